The summed E-state index contributed by atoms with van der Waals surface area (Å²) < 4.78 is 15.6. The van der Waals surface area contributed by atoms with E-state index in [0.29, 0.717) is 0 Å². The molecule has 0 fully saturated rings. The van der Waals surface area contributed by atoms with E-state index in [-0.39, 0.29) is 5.57 Å². The molecule has 6 nitrogen and oxygen atoms in total. The van der Waals surface area contributed by atoms with E-state index in [9.17, 15) is 4.79 Å². The second-order valence-corrected chi connectivity index (χ2v) is 6.98. The van der Waals surface area contributed by atoms with Crippen LogP contribution in [0, 0.1) is 0 Å². The Morgan fingerprint density at radius 3 is 1.80 bits per heavy atom. The molecule has 0 amide bonds. The lowest BCUT2D eigenvalue weighted by molar-refractivity contribution is -0.132. The van der Waals surface area contributed by atoms with Gasteiger partial charge >= 0.3 is 14.8 Å². The molecule has 3 N–H and O–H groups in total. The summed E-state index contributed by atoms with van der Waals surface area (Å²) in [7, 11) is 2.58. The van der Waals surface area contributed by atoms with Crippen LogP contribution in [0.25, 0.3) is 0 Å². The van der Waals surface area contributed by atoms with E-state index in [4.69, 9.17) is 18.4 Å². The molecule has 0 bridgehead atoms. The molecule has 0 aromatic rings. The molecule has 0 radical (unpaired) electrons. The lowest BCUT2D eigenvalue weighted by Crippen LogP contribution is -2.42. The van der Waals surface area contributed by atoms with Crippen LogP contribution in [0.2, 0.25) is 6.04 Å². The molecular formula is C12H27NO5SSi. The molecule has 0 saturated carbocycles. The number of nitrogens with two attached hydrogens (primary N) is 1. The van der Waals surface area contributed by atoms with Crippen LogP contribution < -0.4 is 5.73 Å². The quantitative estimate of drug-likeness (QED) is 0.376. The summed E-state index contributed by atoms with van der Waals surface area (Å²) in [5.41, 5.74) is 4.79. The average molecular weight is 326 g/mol. The monoisotopic (exact) mass is 325 g/mol. The van der Waals surface area contributed by atoms with Gasteiger partial charge in [-0.25, -0.2) is 4.79 Å². The van der Waals surface area contributed by atoms with Gasteiger partial charge in [0.25, 0.3) is 0 Å². The molecule has 0 rings (SSSR count). The van der Waals surface area contributed by atoms with Crippen LogP contribution in [0.15, 0.2) is 24.9 Å². The van der Waals surface area contributed by atoms with Gasteiger partial charge in [0.05, 0.1) is 0 Å². The van der Waals surface area contributed by atoms with Crippen molar-refractivity contribution in [2.24, 2.45) is 5.73 Å². The lowest BCUT2D eigenvalue weighted by atomic mass is 10.4. The highest BCUT2D eigenvalue weighted by Gasteiger charge is 2.36. The van der Waals surface area contributed by atoms with Gasteiger partial charge in [-0.15, -0.1) is 0 Å². The summed E-state index contributed by atoms with van der Waals surface area (Å²) in [6, 6.07) is 0.833. The number of rotatable bonds is 7. The Bertz CT molecular complexity index is 252. The number of carboxylic acids is 1. The van der Waals surface area contributed by atoms with Crippen molar-refractivity contribution in [1.29, 1.82) is 0 Å². The van der Waals surface area contributed by atoms with Crippen molar-refractivity contribution in [2.45, 2.75) is 19.4 Å². The zero-order chi connectivity index (χ0) is 16.6. The highest BCUT2D eigenvalue weighted by Crippen LogP contribution is 2.14. The third kappa shape index (κ3) is 15.3. The molecular weight excluding hydrogens is 298 g/mol. The predicted molar refractivity (Wildman–Crippen MR) is 86.9 cm³/mol. The largest absolute Gasteiger partial charge is 0.500 e. The summed E-state index contributed by atoms with van der Waals surface area (Å²) in [6.07, 6.45) is 2.21. The van der Waals surface area contributed by atoms with Crippen molar-refractivity contribution in [3.8, 4) is 0 Å². The minimum atomic E-state index is -2.29. The van der Waals surface area contributed by atoms with E-state index in [2.05, 4.69) is 31.5 Å². The van der Waals surface area contributed by atoms with Crippen molar-refractivity contribution >= 4 is 27.4 Å². The van der Waals surface area contributed by atoms with Crippen LogP contribution in [0.5, 0.6) is 0 Å². The Hall–Kier alpha value is -0.803. The van der Waals surface area contributed by atoms with Gasteiger partial charge in [-0.3, -0.25) is 0 Å². The molecule has 20 heavy (non-hydrogen) atoms. The fourth-order valence-corrected chi connectivity index (χ4v) is 3.03. The fourth-order valence-electron chi connectivity index (χ4n) is 0.852. The fraction of sp³-hybridized carbons (Fsp3) is 0.583. The minimum Gasteiger partial charge on any atom is -0.478 e. The molecule has 0 unspecified atom stereocenters. The van der Waals surface area contributed by atoms with Crippen molar-refractivity contribution in [3.05, 3.63) is 24.9 Å². The molecule has 0 saturated heterocycles. The first-order valence-corrected chi connectivity index (χ1v) is 8.34. The third-order valence-electron chi connectivity index (χ3n) is 1.94. The third-order valence-corrected chi connectivity index (χ3v) is 5.09. The smallest absolute Gasteiger partial charge is 0.478 e. The van der Waals surface area contributed by atoms with Gasteiger partial charge in [0.15, 0.2) is 0 Å². The maximum atomic E-state index is 9.60. The molecule has 120 valence electrons. The summed E-state index contributed by atoms with van der Waals surface area (Å²) >= 11 is 4.10. The zero-order valence-corrected chi connectivity index (χ0v) is 14.6. The van der Waals surface area contributed by atoms with Gasteiger partial charge in [-0.05, 0) is 25.3 Å². The Balaban J connectivity index is -0.000000270. The first-order chi connectivity index (χ1) is 9.30. The minimum absolute atomic E-state index is 0.176. The van der Waals surface area contributed by atoms with Crippen molar-refractivity contribution in [1.82, 2.24) is 0 Å². The van der Waals surface area contributed by atoms with Crippen molar-refractivity contribution in [2.75, 3.05) is 27.1 Å². The van der Waals surface area contributed by atoms with E-state index >= 15 is 0 Å². The summed E-state index contributed by atoms with van der Waals surface area (Å²) in [4.78, 5) is 9.60. The summed E-state index contributed by atoms with van der Waals surface area (Å²) in [5.74, 6) is -0.0971. The number of hydrogen-bond acceptors (Lipinski definition) is 6. The van der Waals surface area contributed by atoms with Crippen LogP contribution in [-0.4, -0.2) is 47.0 Å². The van der Waals surface area contributed by atoms with Crippen LogP contribution in [0.1, 0.15) is 13.3 Å². The van der Waals surface area contributed by atoms with Gasteiger partial charge in [0.1, 0.15) is 0 Å². The van der Waals surface area contributed by atoms with Gasteiger partial charge in [0, 0.05) is 32.9 Å². The average Bonchev–Trinajstić information content (AvgIpc) is 2.42. The van der Waals surface area contributed by atoms with Gasteiger partial charge in [-0.2, -0.15) is 12.6 Å². The van der Waals surface area contributed by atoms with Gasteiger partial charge < -0.3 is 24.1 Å². The van der Waals surface area contributed by atoms with Crippen molar-refractivity contribution in [3.63, 3.8) is 0 Å². The molecule has 0 heterocycles. The van der Waals surface area contributed by atoms with Gasteiger partial charge in [0.2, 0.25) is 0 Å². The van der Waals surface area contributed by atoms with Crippen LogP contribution in [0.3, 0.4) is 0 Å². The standard InChI is InChI=1S/C6H16O3SSi.C4H6O2.C2H5N/c1-7-11(8-2,9-3)6-4-5-10;1-3(2)4(5)6;1-2-3/h10H,4-6H2,1-3H3;1H2,2H3,(H,5,6);2H,1,3H2. The Morgan fingerprint density at radius 2 is 1.65 bits per heavy atom. The van der Waals surface area contributed by atoms with E-state index in [1.807, 2.05) is 0 Å². The molecule has 0 atom stereocenters. The highest BCUT2D eigenvalue weighted by molar-refractivity contribution is 7.80. The number of thiol groups is 1. The van der Waals surface area contributed by atoms with E-state index < -0.39 is 14.8 Å². The Kier molecular flexibility index (Phi) is 19.7. The maximum Gasteiger partial charge on any atom is 0.500 e. The molecule has 0 spiro atoms. The normalized spacial score (nSPS) is 9.45. The van der Waals surface area contributed by atoms with Gasteiger partial charge in [-0.1, -0.05) is 13.2 Å². The molecule has 0 aromatic carbocycles. The first-order valence-electron chi connectivity index (χ1n) is 5.78. The summed E-state index contributed by atoms with van der Waals surface area (Å²) in [6.45, 7) is 7.74. The summed E-state index contributed by atoms with van der Waals surface area (Å²) in [5, 5.41) is 7.89. The molecule has 0 aliphatic rings. The number of hydrogen-bond donors (Lipinski definition) is 3. The first kappa shape index (κ1) is 24.2. The van der Waals surface area contributed by atoms with E-state index in [0.717, 1.165) is 18.2 Å². The number of aliphatic carboxylic acids is 1. The van der Waals surface area contributed by atoms with Crippen LogP contribution in [0.4, 0.5) is 0 Å². The molecule has 0 aliphatic heterocycles. The second-order valence-electron chi connectivity index (χ2n) is 3.44. The van der Waals surface area contributed by atoms with Crippen LogP contribution >= 0.6 is 12.6 Å². The van der Waals surface area contributed by atoms with E-state index in [1.165, 1.54) is 13.1 Å². The molecule has 0 aliphatic carbocycles. The molecule has 0 aromatic heterocycles. The predicted octanol–water partition coefficient (Wildman–Crippen LogP) is 1.92. The van der Waals surface area contributed by atoms with Crippen LogP contribution in [-0.2, 0) is 18.1 Å². The topological polar surface area (TPSA) is 91.0 Å². The maximum absolute atomic E-state index is 9.60. The Labute approximate surface area is 128 Å². The molecule has 8 heteroatoms. The SMILES string of the molecule is C=C(C)C(=O)O.C=CN.CO[Si](CCCS)(OC)OC. The lowest BCUT2D eigenvalue weighted by Gasteiger charge is -2.23. The highest BCUT2D eigenvalue weighted by atomic mass is 32.1. The number of carboxylic acid groups (broad SMARTS) is 1. The number of carbonyl (C=O) groups is 1. The van der Waals surface area contributed by atoms with E-state index in [1.54, 1.807) is 21.3 Å². The zero-order valence-electron chi connectivity index (χ0n) is 12.7. The second kappa shape index (κ2) is 16.3. The Morgan fingerprint density at radius 1 is 1.35 bits per heavy atom. The van der Waals surface area contributed by atoms with Crippen molar-refractivity contribution < 1.29 is 23.2 Å².